The molecule has 0 amide bonds. The molecule has 4 heteroatoms. The lowest BCUT2D eigenvalue weighted by molar-refractivity contribution is -0.137. The highest BCUT2D eigenvalue weighted by Crippen LogP contribution is 2.34. The summed E-state index contributed by atoms with van der Waals surface area (Å²) in [7, 11) is 0. The minimum absolute atomic E-state index is 0.250. The first-order valence-electron chi connectivity index (χ1n) is 6.86. The second-order valence-electron chi connectivity index (χ2n) is 5.21. The number of benzene rings is 1. The highest BCUT2D eigenvalue weighted by Gasteiger charge is 2.25. The van der Waals surface area contributed by atoms with E-state index >= 15 is 0 Å². The molecule has 0 saturated heterocycles. The summed E-state index contributed by atoms with van der Waals surface area (Å²) in [4.78, 5) is 10.4. The summed E-state index contributed by atoms with van der Waals surface area (Å²) in [6.45, 7) is 0.796. The topological polar surface area (TPSA) is 49.3 Å². The van der Waals surface area contributed by atoms with Crippen molar-refractivity contribution in [3.05, 3.63) is 34.9 Å². The summed E-state index contributed by atoms with van der Waals surface area (Å²) >= 11 is 5.90. The summed E-state index contributed by atoms with van der Waals surface area (Å²) in [5.41, 5.74) is 1.36. The molecule has 2 N–H and O–H groups in total. The molecule has 1 aliphatic rings. The van der Waals surface area contributed by atoms with Crippen molar-refractivity contribution in [2.24, 2.45) is 0 Å². The maximum Gasteiger partial charge on any atom is 0.303 e. The van der Waals surface area contributed by atoms with Gasteiger partial charge in [0.15, 0.2) is 0 Å². The third-order valence-electron chi connectivity index (χ3n) is 3.77. The lowest BCUT2D eigenvalue weighted by Gasteiger charge is -2.13. The van der Waals surface area contributed by atoms with Crippen molar-refractivity contribution in [1.29, 1.82) is 0 Å². The molecule has 1 fully saturated rings. The van der Waals surface area contributed by atoms with Gasteiger partial charge in [-0.15, -0.1) is 0 Å². The predicted molar refractivity (Wildman–Crippen MR) is 76.7 cm³/mol. The zero-order chi connectivity index (χ0) is 13.7. The van der Waals surface area contributed by atoms with Crippen LogP contribution >= 0.6 is 11.6 Å². The molecule has 1 aromatic carbocycles. The van der Waals surface area contributed by atoms with Crippen molar-refractivity contribution in [1.82, 2.24) is 5.32 Å². The molecule has 0 aliphatic heterocycles. The number of carboxylic acid groups (broad SMARTS) is 1. The number of hydrogen-bond donors (Lipinski definition) is 2. The zero-order valence-electron chi connectivity index (χ0n) is 10.9. The van der Waals surface area contributed by atoms with Crippen LogP contribution < -0.4 is 5.32 Å². The van der Waals surface area contributed by atoms with Crippen LogP contribution in [0.25, 0.3) is 0 Å². The highest BCUT2D eigenvalue weighted by molar-refractivity contribution is 6.30. The second-order valence-corrected chi connectivity index (χ2v) is 5.65. The molecule has 0 spiro atoms. The van der Waals surface area contributed by atoms with Crippen LogP contribution in [0.15, 0.2) is 24.3 Å². The first-order chi connectivity index (χ1) is 9.15. The van der Waals surface area contributed by atoms with Crippen molar-refractivity contribution in [2.75, 3.05) is 6.54 Å². The number of rotatable bonds is 6. The predicted octanol–water partition coefficient (Wildman–Crippen LogP) is 3.43. The van der Waals surface area contributed by atoms with Crippen molar-refractivity contribution in [3.63, 3.8) is 0 Å². The van der Waals surface area contributed by atoms with Gasteiger partial charge in [-0.3, -0.25) is 4.79 Å². The number of carbonyl (C=O) groups is 1. The van der Waals surface area contributed by atoms with E-state index in [0.29, 0.717) is 18.4 Å². The van der Waals surface area contributed by atoms with Gasteiger partial charge in [-0.05, 0) is 55.8 Å². The minimum atomic E-state index is -0.715. The van der Waals surface area contributed by atoms with E-state index in [1.165, 1.54) is 18.4 Å². The smallest absolute Gasteiger partial charge is 0.303 e. The van der Waals surface area contributed by atoms with Gasteiger partial charge in [0, 0.05) is 17.5 Å². The first-order valence-corrected chi connectivity index (χ1v) is 7.23. The summed E-state index contributed by atoms with van der Waals surface area (Å²) in [5.74, 6) is -0.110. The Hall–Kier alpha value is -1.06. The Morgan fingerprint density at radius 1 is 1.32 bits per heavy atom. The molecule has 2 rings (SSSR count). The molecule has 0 heterocycles. The number of aliphatic carboxylic acids is 1. The van der Waals surface area contributed by atoms with E-state index in [2.05, 4.69) is 17.4 Å². The van der Waals surface area contributed by atoms with E-state index in [9.17, 15) is 4.79 Å². The van der Waals surface area contributed by atoms with Crippen LogP contribution in [0.4, 0.5) is 0 Å². The van der Waals surface area contributed by atoms with Crippen molar-refractivity contribution < 1.29 is 9.90 Å². The molecule has 0 radical (unpaired) electrons. The van der Waals surface area contributed by atoms with Gasteiger partial charge in [0.1, 0.15) is 0 Å². The van der Waals surface area contributed by atoms with Crippen LogP contribution in [0.1, 0.15) is 43.6 Å². The average molecular weight is 282 g/mol. The van der Waals surface area contributed by atoms with E-state index in [-0.39, 0.29) is 6.42 Å². The van der Waals surface area contributed by atoms with Crippen LogP contribution in [0.5, 0.6) is 0 Å². The number of halogens is 1. The summed E-state index contributed by atoms with van der Waals surface area (Å²) in [6, 6.07) is 8.64. The van der Waals surface area contributed by atoms with Gasteiger partial charge in [0.05, 0.1) is 0 Å². The molecule has 1 aromatic rings. The molecule has 1 saturated carbocycles. The molecule has 3 nitrogen and oxygen atoms in total. The molecule has 104 valence electrons. The second kappa shape index (κ2) is 6.92. The molecule has 0 aromatic heterocycles. The van der Waals surface area contributed by atoms with Gasteiger partial charge in [0.25, 0.3) is 0 Å². The third-order valence-corrected chi connectivity index (χ3v) is 4.03. The maximum absolute atomic E-state index is 10.4. The number of hydrogen-bond acceptors (Lipinski definition) is 2. The quantitative estimate of drug-likeness (QED) is 0.786. The van der Waals surface area contributed by atoms with Gasteiger partial charge in [0.2, 0.25) is 0 Å². The molecule has 19 heavy (non-hydrogen) atoms. The van der Waals surface area contributed by atoms with E-state index < -0.39 is 5.97 Å². The van der Waals surface area contributed by atoms with E-state index in [1.807, 2.05) is 12.1 Å². The van der Waals surface area contributed by atoms with Gasteiger partial charge in [-0.1, -0.05) is 23.7 Å². The van der Waals surface area contributed by atoms with Crippen LogP contribution in [0.3, 0.4) is 0 Å². The Labute approximate surface area is 119 Å². The standard InChI is InChI=1S/C15H20ClNO2/c16-13-6-3-11(4-7-13)12-5-8-14(10-12)17-9-1-2-15(18)19/h3-4,6-7,12,14,17H,1-2,5,8-10H2,(H,18,19). The zero-order valence-corrected chi connectivity index (χ0v) is 11.7. The summed E-state index contributed by atoms with van der Waals surface area (Å²) < 4.78 is 0. The summed E-state index contributed by atoms with van der Waals surface area (Å²) in [6.07, 6.45) is 4.45. The lowest BCUT2D eigenvalue weighted by atomic mass is 9.97. The normalized spacial score (nSPS) is 22.6. The SMILES string of the molecule is O=C(O)CCCNC1CCC(c2ccc(Cl)cc2)C1. The van der Waals surface area contributed by atoms with Crippen LogP contribution in [0.2, 0.25) is 5.02 Å². The van der Waals surface area contributed by atoms with Crippen LogP contribution in [-0.4, -0.2) is 23.7 Å². The first kappa shape index (κ1) is 14.4. The molecular weight excluding hydrogens is 262 g/mol. The Bertz CT molecular complexity index is 419. The Morgan fingerprint density at radius 2 is 2.05 bits per heavy atom. The van der Waals surface area contributed by atoms with Crippen LogP contribution in [-0.2, 0) is 4.79 Å². The average Bonchev–Trinajstić information content (AvgIpc) is 2.84. The third kappa shape index (κ3) is 4.51. The fourth-order valence-electron chi connectivity index (χ4n) is 2.75. The molecule has 2 unspecified atom stereocenters. The minimum Gasteiger partial charge on any atom is -0.481 e. The van der Waals surface area contributed by atoms with Crippen molar-refractivity contribution >= 4 is 17.6 Å². The Balaban J connectivity index is 1.74. The van der Waals surface area contributed by atoms with E-state index in [1.54, 1.807) is 0 Å². The van der Waals surface area contributed by atoms with Crippen LogP contribution in [0, 0.1) is 0 Å². The molecule has 1 aliphatic carbocycles. The van der Waals surface area contributed by atoms with E-state index in [4.69, 9.17) is 16.7 Å². The van der Waals surface area contributed by atoms with Gasteiger partial charge < -0.3 is 10.4 Å². The fraction of sp³-hybridized carbons (Fsp3) is 0.533. The molecular formula is C15H20ClNO2. The van der Waals surface area contributed by atoms with Gasteiger partial charge in [-0.2, -0.15) is 0 Å². The number of carboxylic acids is 1. The summed E-state index contributed by atoms with van der Waals surface area (Å²) in [5, 5.41) is 12.8. The Kier molecular flexibility index (Phi) is 5.23. The van der Waals surface area contributed by atoms with Gasteiger partial charge in [-0.25, -0.2) is 0 Å². The Morgan fingerprint density at radius 3 is 2.74 bits per heavy atom. The number of nitrogens with one attached hydrogen (secondary N) is 1. The monoisotopic (exact) mass is 281 g/mol. The van der Waals surface area contributed by atoms with Crippen molar-refractivity contribution in [3.8, 4) is 0 Å². The van der Waals surface area contributed by atoms with E-state index in [0.717, 1.165) is 18.0 Å². The largest absolute Gasteiger partial charge is 0.481 e. The van der Waals surface area contributed by atoms with Gasteiger partial charge >= 0.3 is 5.97 Å². The molecule has 0 bridgehead atoms. The maximum atomic E-state index is 10.4. The molecule has 2 atom stereocenters. The van der Waals surface area contributed by atoms with Crippen molar-refractivity contribution in [2.45, 2.75) is 44.1 Å². The lowest BCUT2D eigenvalue weighted by Crippen LogP contribution is -2.27. The highest BCUT2D eigenvalue weighted by atomic mass is 35.5. The fourth-order valence-corrected chi connectivity index (χ4v) is 2.88.